The van der Waals surface area contributed by atoms with Crippen LogP contribution >= 0.6 is 11.6 Å². The van der Waals surface area contributed by atoms with Crippen LogP contribution in [0.3, 0.4) is 0 Å². The molecule has 2 heterocycles. The number of rotatable bonds is 4. The van der Waals surface area contributed by atoms with Gasteiger partial charge in [-0.15, -0.1) is 0 Å². The van der Waals surface area contributed by atoms with E-state index < -0.39 is 16.1 Å². The maximum absolute atomic E-state index is 13.1. The fourth-order valence-corrected chi connectivity index (χ4v) is 5.45. The summed E-state index contributed by atoms with van der Waals surface area (Å²) in [4.78, 5) is 24.6. The van der Waals surface area contributed by atoms with Crippen molar-refractivity contribution in [2.24, 2.45) is 5.92 Å². The molecule has 1 saturated heterocycles. The normalized spacial score (nSPS) is 19.6. The van der Waals surface area contributed by atoms with Gasteiger partial charge in [0.1, 0.15) is 5.75 Å². The summed E-state index contributed by atoms with van der Waals surface area (Å²) in [5.41, 5.74) is 1.87. The van der Waals surface area contributed by atoms with Gasteiger partial charge in [-0.2, -0.15) is 4.31 Å². The Morgan fingerprint density at radius 3 is 2.59 bits per heavy atom. The highest BCUT2D eigenvalue weighted by Gasteiger charge is 2.33. The molecule has 1 atom stereocenters. The number of fused-ring (bicyclic) bond motifs is 1. The molecular formula is C22H24ClN3O5S. The van der Waals surface area contributed by atoms with Gasteiger partial charge in [0.25, 0.3) is 5.91 Å². The van der Waals surface area contributed by atoms with Gasteiger partial charge in [-0.05, 0) is 62.6 Å². The lowest BCUT2D eigenvalue weighted by molar-refractivity contribution is -0.123. The van der Waals surface area contributed by atoms with Crippen LogP contribution in [0.15, 0.2) is 41.3 Å². The number of anilines is 2. The van der Waals surface area contributed by atoms with E-state index in [1.807, 2.05) is 13.0 Å². The van der Waals surface area contributed by atoms with E-state index in [-0.39, 0.29) is 35.7 Å². The molecule has 2 amide bonds. The van der Waals surface area contributed by atoms with Crippen LogP contribution in [-0.4, -0.2) is 43.7 Å². The van der Waals surface area contributed by atoms with Crippen molar-refractivity contribution in [3.05, 3.63) is 47.0 Å². The number of halogens is 1. The van der Waals surface area contributed by atoms with E-state index in [4.69, 9.17) is 16.3 Å². The zero-order valence-corrected chi connectivity index (χ0v) is 19.3. The van der Waals surface area contributed by atoms with Gasteiger partial charge in [0, 0.05) is 29.7 Å². The first-order valence-electron chi connectivity index (χ1n) is 10.3. The third kappa shape index (κ3) is 4.46. The number of sulfonamides is 1. The van der Waals surface area contributed by atoms with E-state index in [1.165, 1.54) is 16.4 Å². The van der Waals surface area contributed by atoms with Gasteiger partial charge in [-0.25, -0.2) is 8.42 Å². The lowest BCUT2D eigenvalue weighted by Crippen LogP contribution is -2.41. The summed E-state index contributed by atoms with van der Waals surface area (Å²) in [6, 6.07) is 9.75. The molecule has 1 fully saturated rings. The molecule has 0 aromatic heterocycles. The predicted molar refractivity (Wildman–Crippen MR) is 121 cm³/mol. The van der Waals surface area contributed by atoms with Crippen LogP contribution in [0.5, 0.6) is 5.75 Å². The SMILES string of the molecule is Cc1ccc(NC(=O)C2CCN(S(=O)(=O)c3ccc4c(c3)NC(=O)[C@H](C)O4)CC2)cc1Cl. The molecule has 8 nitrogen and oxygen atoms in total. The molecule has 0 bridgehead atoms. The zero-order chi connectivity index (χ0) is 23.0. The predicted octanol–water partition coefficient (Wildman–Crippen LogP) is 3.41. The maximum Gasteiger partial charge on any atom is 0.265 e. The lowest BCUT2D eigenvalue weighted by atomic mass is 9.97. The second-order valence-corrected chi connectivity index (χ2v) is 10.4. The van der Waals surface area contributed by atoms with Gasteiger partial charge in [0.2, 0.25) is 15.9 Å². The highest BCUT2D eigenvalue weighted by Crippen LogP contribution is 2.33. The first-order chi connectivity index (χ1) is 15.1. The fourth-order valence-electron chi connectivity index (χ4n) is 3.77. The average molecular weight is 478 g/mol. The molecule has 0 spiro atoms. The summed E-state index contributed by atoms with van der Waals surface area (Å²) < 4.78 is 33.1. The molecule has 2 N–H and O–H groups in total. The number of aryl methyl sites for hydroxylation is 1. The van der Waals surface area contributed by atoms with Crippen LogP contribution in [0.4, 0.5) is 11.4 Å². The largest absolute Gasteiger partial charge is 0.479 e. The molecule has 0 aliphatic carbocycles. The molecule has 0 saturated carbocycles. The van der Waals surface area contributed by atoms with E-state index in [1.54, 1.807) is 25.1 Å². The number of piperidine rings is 1. The average Bonchev–Trinajstić information content (AvgIpc) is 2.77. The summed E-state index contributed by atoms with van der Waals surface area (Å²) in [7, 11) is -3.77. The van der Waals surface area contributed by atoms with Crippen LogP contribution in [0.25, 0.3) is 0 Å². The maximum atomic E-state index is 13.1. The summed E-state index contributed by atoms with van der Waals surface area (Å²) in [5.74, 6) is -0.333. The molecule has 2 aliphatic heterocycles. The van der Waals surface area contributed by atoms with Crippen molar-refractivity contribution < 1.29 is 22.7 Å². The molecule has 2 aromatic rings. The minimum Gasteiger partial charge on any atom is -0.479 e. The van der Waals surface area contributed by atoms with Crippen molar-refractivity contribution in [1.82, 2.24) is 4.31 Å². The third-order valence-electron chi connectivity index (χ3n) is 5.78. The van der Waals surface area contributed by atoms with E-state index in [9.17, 15) is 18.0 Å². The van der Waals surface area contributed by atoms with Crippen molar-refractivity contribution in [3.63, 3.8) is 0 Å². The van der Waals surface area contributed by atoms with Gasteiger partial charge in [-0.1, -0.05) is 17.7 Å². The van der Waals surface area contributed by atoms with Crippen LogP contribution in [0.2, 0.25) is 5.02 Å². The minimum absolute atomic E-state index is 0.0758. The van der Waals surface area contributed by atoms with E-state index in [0.29, 0.717) is 35.0 Å². The van der Waals surface area contributed by atoms with Crippen molar-refractivity contribution >= 4 is 44.8 Å². The van der Waals surface area contributed by atoms with Gasteiger partial charge in [0.05, 0.1) is 10.6 Å². The topological polar surface area (TPSA) is 105 Å². The van der Waals surface area contributed by atoms with E-state index >= 15 is 0 Å². The Kier molecular flexibility index (Phi) is 6.15. The number of amides is 2. The third-order valence-corrected chi connectivity index (χ3v) is 8.09. The molecule has 10 heteroatoms. The van der Waals surface area contributed by atoms with Crippen LogP contribution in [-0.2, 0) is 19.6 Å². The molecule has 4 rings (SSSR count). The van der Waals surface area contributed by atoms with Gasteiger partial charge < -0.3 is 15.4 Å². The second-order valence-electron chi connectivity index (χ2n) is 8.04. The fraction of sp³-hybridized carbons (Fsp3) is 0.364. The summed E-state index contributed by atoms with van der Waals surface area (Å²) in [5, 5.41) is 6.10. The molecule has 170 valence electrons. The lowest BCUT2D eigenvalue weighted by Gasteiger charge is -2.31. The van der Waals surface area contributed by atoms with Gasteiger partial charge >= 0.3 is 0 Å². The molecule has 2 aromatic carbocycles. The number of carbonyl (C=O) groups is 2. The first kappa shape index (κ1) is 22.6. The molecule has 32 heavy (non-hydrogen) atoms. The number of hydrogen-bond acceptors (Lipinski definition) is 5. The molecule has 2 aliphatic rings. The minimum atomic E-state index is -3.77. The molecular weight excluding hydrogens is 454 g/mol. The van der Waals surface area contributed by atoms with Crippen LogP contribution in [0, 0.1) is 12.8 Å². The standard InChI is InChI=1S/C22H24ClN3O5S/c1-13-3-4-16(11-18(13)23)24-22(28)15-7-9-26(10-8-15)32(29,30)17-5-6-20-19(12-17)25-21(27)14(2)31-20/h3-6,11-12,14-15H,7-10H2,1-2H3,(H,24,28)(H,25,27)/t14-/m0/s1. The van der Waals surface area contributed by atoms with Crippen LogP contribution < -0.4 is 15.4 Å². The number of nitrogens with one attached hydrogen (secondary N) is 2. The number of nitrogens with zero attached hydrogens (tertiary/aromatic N) is 1. The Hall–Kier alpha value is -2.62. The van der Waals surface area contributed by atoms with Gasteiger partial charge in [0.15, 0.2) is 6.10 Å². The van der Waals surface area contributed by atoms with E-state index in [2.05, 4.69) is 10.6 Å². The summed E-state index contributed by atoms with van der Waals surface area (Å²) in [6.07, 6.45) is 0.186. The molecule has 0 unspecified atom stereocenters. The van der Waals surface area contributed by atoms with Crippen molar-refractivity contribution in [2.45, 2.75) is 37.7 Å². The van der Waals surface area contributed by atoms with Crippen molar-refractivity contribution in [3.8, 4) is 5.75 Å². The Balaban J connectivity index is 1.41. The van der Waals surface area contributed by atoms with Gasteiger partial charge in [-0.3, -0.25) is 9.59 Å². The Morgan fingerprint density at radius 1 is 1.19 bits per heavy atom. The number of carbonyl (C=O) groups excluding carboxylic acids is 2. The second kappa shape index (κ2) is 8.73. The van der Waals surface area contributed by atoms with Crippen LogP contribution in [0.1, 0.15) is 25.3 Å². The zero-order valence-electron chi connectivity index (χ0n) is 17.7. The monoisotopic (exact) mass is 477 g/mol. The Bertz CT molecular complexity index is 1180. The number of benzene rings is 2. The highest BCUT2D eigenvalue weighted by atomic mass is 35.5. The quantitative estimate of drug-likeness (QED) is 0.702. The van der Waals surface area contributed by atoms with E-state index in [0.717, 1.165) is 5.56 Å². The van der Waals surface area contributed by atoms with Crippen molar-refractivity contribution in [1.29, 1.82) is 0 Å². The summed E-state index contributed by atoms with van der Waals surface area (Å²) >= 11 is 6.11. The number of hydrogen-bond donors (Lipinski definition) is 2. The summed E-state index contributed by atoms with van der Waals surface area (Å²) in [6.45, 7) is 3.96. The Morgan fingerprint density at radius 2 is 1.91 bits per heavy atom. The highest BCUT2D eigenvalue weighted by molar-refractivity contribution is 7.89. The molecule has 0 radical (unpaired) electrons. The Labute approximate surface area is 191 Å². The first-order valence-corrected chi connectivity index (χ1v) is 12.2. The smallest absolute Gasteiger partial charge is 0.265 e. The van der Waals surface area contributed by atoms with Crippen molar-refractivity contribution in [2.75, 3.05) is 23.7 Å². The number of ether oxygens (including phenoxy) is 1.